The molecule has 0 aliphatic heterocycles. The first-order chi connectivity index (χ1) is 8.80. The van der Waals surface area contributed by atoms with Gasteiger partial charge in [-0.25, -0.2) is 4.99 Å². The van der Waals surface area contributed by atoms with Gasteiger partial charge in [0.05, 0.1) is 5.54 Å². The Morgan fingerprint density at radius 3 is 2.63 bits per heavy atom. The van der Waals surface area contributed by atoms with Gasteiger partial charge in [0.25, 0.3) is 0 Å². The summed E-state index contributed by atoms with van der Waals surface area (Å²) in [5.41, 5.74) is 0.658. The van der Waals surface area contributed by atoms with Gasteiger partial charge in [0.15, 0.2) is 5.82 Å². The second-order valence-corrected chi connectivity index (χ2v) is 5.49. The molecule has 0 aliphatic carbocycles. The van der Waals surface area contributed by atoms with Crippen LogP contribution in [0.1, 0.15) is 46.2 Å². The van der Waals surface area contributed by atoms with E-state index in [2.05, 4.69) is 25.8 Å². The van der Waals surface area contributed by atoms with Crippen LogP contribution in [0.4, 0.5) is 5.82 Å². The van der Waals surface area contributed by atoms with Crippen molar-refractivity contribution in [3.63, 3.8) is 0 Å². The number of H-pyrrole nitrogens is 1. The molecular formula is C13H23N5O. The van der Waals surface area contributed by atoms with Gasteiger partial charge in [-0.15, -0.1) is 0 Å². The Bertz CT molecular complexity index is 456. The van der Waals surface area contributed by atoms with Crippen LogP contribution in [0.15, 0.2) is 11.1 Å². The van der Waals surface area contributed by atoms with Gasteiger partial charge in [-0.05, 0) is 34.1 Å². The fraction of sp³-hybridized carbons (Fsp3) is 0.615. The molecule has 0 aromatic carbocycles. The van der Waals surface area contributed by atoms with Crippen molar-refractivity contribution in [3.05, 3.63) is 11.8 Å². The highest BCUT2D eigenvalue weighted by Gasteiger charge is 2.13. The predicted octanol–water partition coefficient (Wildman–Crippen LogP) is 2.20. The summed E-state index contributed by atoms with van der Waals surface area (Å²) >= 11 is 0. The summed E-state index contributed by atoms with van der Waals surface area (Å²) in [4.78, 5) is 16.1. The summed E-state index contributed by atoms with van der Waals surface area (Å²) in [5.74, 6) is 1.01. The second kappa shape index (κ2) is 6.36. The lowest BCUT2D eigenvalue weighted by Crippen LogP contribution is -2.37. The Labute approximate surface area is 114 Å². The molecule has 3 N–H and O–H groups in total. The molecule has 19 heavy (non-hydrogen) atoms. The van der Waals surface area contributed by atoms with E-state index in [0.29, 0.717) is 18.2 Å². The summed E-state index contributed by atoms with van der Waals surface area (Å²) in [6.07, 6.45) is 1.28. The van der Waals surface area contributed by atoms with Crippen molar-refractivity contribution in [1.82, 2.24) is 15.5 Å². The van der Waals surface area contributed by atoms with Crippen molar-refractivity contribution in [2.45, 2.75) is 53.0 Å². The van der Waals surface area contributed by atoms with Crippen LogP contribution in [0.2, 0.25) is 0 Å². The van der Waals surface area contributed by atoms with Crippen LogP contribution in [-0.2, 0) is 4.79 Å². The number of rotatable bonds is 3. The minimum absolute atomic E-state index is 0.0507. The van der Waals surface area contributed by atoms with E-state index in [4.69, 9.17) is 0 Å². The molecule has 1 amide bonds. The lowest BCUT2D eigenvalue weighted by Gasteiger charge is -2.16. The third-order valence-corrected chi connectivity index (χ3v) is 2.13. The molecular weight excluding hydrogens is 242 g/mol. The normalized spacial score (nSPS) is 12.4. The molecule has 0 atom stereocenters. The quantitative estimate of drug-likeness (QED) is 0.579. The van der Waals surface area contributed by atoms with E-state index in [1.807, 2.05) is 40.7 Å². The van der Waals surface area contributed by atoms with Crippen molar-refractivity contribution in [3.8, 4) is 0 Å². The van der Waals surface area contributed by atoms with Gasteiger partial charge in [-0.2, -0.15) is 5.10 Å². The van der Waals surface area contributed by atoms with Gasteiger partial charge in [0, 0.05) is 18.2 Å². The molecule has 6 nitrogen and oxygen atoms in total. The number of carbonyl (C=O) groups is 1. The molecule has 0 spiro atoms. The standard InChI is InChI=1S/C13H23N5O/c1-6-7-11(19)15-12(16-13(3,4)5)14-10-8-9(2)17-18-10/h8H,6-7H2,1-5H3,(H3,14,15,16,17,18,19). The van der Waals surface area contributed by atoms with Gasteiger partial charge < -0.3 is 5.32 Å². The lowest BCUT2D eigenvalue weighted by atomic mass is 10.1. The third kappa shape index (κ3) is 6.03. The molecule has 0 fully saturated rings. The first kappa shape index (κ1) is 15.2. The fourth-order valence-electron chi connectivity index (χ4n) is 1.45. The van der Waals surface area contributed by atoms with Gasteiger partial charge in [0.1, 0.15) is 0 Å². The summed E-state index contributed by atoms with van der Waals surface area (Å²) in [6.45, 7) is 9.78. The molecule has 0 unspecified atom stereocenters. The number of aromatic nitrogens is 2. The fourth-order valence-corrected chi connectivity index (χ4v) is 1.45. The van der Waals surface area contributed by atoms with E-state index in [0.717, 1.165) is 12.1 Å². The van der Waals surface area contributed by atoms with Crippen molar-refractivity contribution in [2.24, 2.45) is 4.99 Å². The molecule has 1 aromatic rings. The van der Waals surface area contributed by atoms with Crippen LogP contribution < -0.4 is 10.6 Å². The molecule has 1 aromatic heterocycles. The number of nitrogens with one attached hydrogen (secondary N) is 3. The van der Waals surface area contributed by atoms with Crippen LogP contribution >= 0.6 is 0 Å². The summed E-state index contributed by atoms with van der Waals surface area (Å²) in [7, 11) is 0. The number of guanidine groups is 1. The summed E-state index contributed by atoms with van der Waals surface area (Å²) in [6, 6.07) is 1.85. The van der Waals surface area contributed by atoms with Crippen LogP contribution in [-0.4, -0.2) is 27.6 Å². The molecule has 0 radical (unpaired) electrons. The number of anilines is 1. The summed E-state index contributed by atoms with van der Waals surface area (Å²) in [5, 5.41) is 12.7. The summed E-state index contributed by atoms with van der Waals surface area (Å²) < 4.78 is 0. The van der Waals surface area contributed by atoms with E-state index in [1.165, 1.54) is 0 Å². The minimum Gasteiger partial charge on any atom is -0.309 e. The zero-order chi connectivity index (χ0) is 14.5. The average molecular weight is 265 g/mol. The van der Waals surface area contributed by atoms with Crippen molar-refractivity contribution in [1.29, 1.82) is 0 Å². The van der Waals surface area contributed by atoms with E-state index >= 15 is 0 Å². The first-order valence-electron chi connectivity index (χ1n) is 6.49. The van der Waals surface area contributed by atoms with Crippen LogP contribution in [0, 0.1) is 6.92 Å². The number of aliphatic imine (C=N–C) groups is 1. The Morgan fingerprint density at radius 1 is 1.47 bits per heavy atom. The number of aryl methyl sites for hydroxylation is 1. The lowest BCUT2D eigenvalue weighted by molar-refractivity contribution is -0.119. The topological polar surface area (TPSA) is 82.2 Å². The number of amides is 1. The van der Waals surface area contributed by atoms with Crippen LogP contribution in [0.5, 0.6) is 0 Å². The van der Waals surface area contributed by atoms with Crippen molar-refractivity contribution < 1.29 is 4.79 Å². The highest BCUT2D eigenvalue weighted by Crippen LogP contribution is 2.09. The molecule has 6 heteroatoms. The van der Waals surface area contributed by atoms with Gasteiger partial charge in [0.2, 0.25) is 11.9 Å². The van der Waals surface area contributed by atoms with Crippen molar-refractivity contribution in [2.75, 3.05) is 5.32 Å². The van der Waals surface area contributed by atoms with Gasteiger partial charge in [-0.1, -0.05) is 6.92 Å². The SMILES string of the molecule is CCCC(=O)NC(=NC(C)(C)C)Nc1cc(C)[nH]n1. The molecule has 0 bridgehead atoms. The number of hydrogen-bond donors (Lipinski definition) is 3. The number of hydrogen-bond acceptors (Lipinski definition) is 3. The number of carbonyl (C=O) groups excluding carboxylic acids is 1. The number of nitrogens with zero attached hydrogens (tertiary/aromatic N) is 2. The molecule has 106 valence electrons. The molecule has 0 saturated carbocycles. The maximum atomic E-state index is 11.7. The van der Waals surface area contributed by atoms with E-state index < -0.39 is 0 Å². The number of aromatic amines is 1. The third-order valence-electron chi connectivity index (χ3n) is 2.13. The smallest absolute Gasteiger partial charge is 0.226 e. The molecule has 1 rings (SSSR count). The zero-order valence-corrected chi connectivity index (χ0v) is 12.3. The second-order valence-electron chi connectivity index (χ2n) is 5.49. The van der Waals surface area contributed by atoms with E-state index in [-0.39, 0.29) is 11.4 Å². The monoisotopic (exact) mass is 265 g/mol. The first-order valence-corrected chi connectivity index (χ1v) is 6.49. The van der Waals surface area contributed by atoms with Crippen molar-refractivity contribution >= 4 is 17.7 Å². The van der Waals surface area contributed by atoms with Gasteiger partial charge in [-0.3, -0.25) is 15.2 Å². The largest absolute Gasteiger partial charge is 0.309 e. The highest BCUT2D eigenvalue weighted by molar-refractivity contribution is 6.03. The maximum Gasteiger partial charge on any atom is 0.226 e. The molecule has 0 aliphatic rings. The van der Waals surface area contributed by atoms with Gasteiger partial charge >= 0.3 is 0 Å². The Balaban J connectivity index is 2.81. The maximum absolute atomic E-state index is 11.7. The Morgan fingerprint density at radius 2 is 2.16 bits per heavy atom. The van der Waals surface area contributed by atoms with E-state index in [9.17, 15) is 4.79 Å². The minimum atomic E-state index is -0.285. The molecule has 0 saturated heterocycles. The Hall–Kier alpha value is -1.85. The van der Waals surface area contributed by atoms with Crippen LogP contribution in [0.3, 0.4) is 0 Å². The molecule has 1 heterocycles. The predicted molar refractivity (Wildman–Crippen MR) is 77.2 cm³/mol. The van der Waals surface area contributed by atoms with Crippen LogP contribution in [0.25, 0.3) is 0 Å². The highest BCUT2D eigenvalue weighted by atomic mass is 16.1. The zero-order valence-electron chi connectivity index (χ0n) is 12.3. The van der Waals surface area contributed by atoms with E-state index in [1.54, 1.807) is 0 Å². The average Bonchev–Trinajstić information content (AvgIpc) is 2.61. The Kier molecular flexibility index (Phi) is 5.09.